The van der Waals surface area contributed by atoms with E-state index in [-0.39, 0.29) is 0 Å². The molecule has 0 atom stereocenters. The van der Waals surface area contributed by atoms with Crippen molar-refractivity contribution < 1.29 is 4.74 Å². The summed E-state index contributed by atoms with van der Waals surface area (Å²) in [5.74, 6) is 0. The molecule has 1 rings (SSSR count). The molecule has 1 aliphatic rings. The molecule has 0 amide bonds. The van der Waals surface area contributed by atoms with Gasteiger partial charge in [0.1, 0.15) is 0 Å². The SMILES string of the molecule is CC(C)OCC1=CCN=C1. The molecule has 0 radical (unpaired) electrons. The molecule has 0 aromatic rings. The predicted molar refractivity (Wildman–Crippen MR) is 42.5 cm³/mol. The summed E-state index contributed by atoms with van der Waals surface area (Å²) >= 11 is 0. The molecule has 10 heavy (non-hydrogen) atoms. The highest BCUT2D eigenvalue weighted by Gasteiger charge is 1.99. The minimum atomic E-state index is 0.315. The Morgan fingerprint density at radius 3 is 3.00 bits per heavy atom. The van der Waals surface area contributed by atoms with Crippen molar-refractivity contribution >= 4 is 6.21 Å². The average Bonchev–Trinajstić information content (AvgIpc) is 2.34. The Morgan fingerprint density at radius 1 is 1.70 bits per heavy atom. The van der Waals surface area contributed by atoms with Gasteiger partial charge in [0.15, 0.2) is 0 Å². The molecule has 0 aliphatic carbocycles. The Hall–Kier alpha value is -0.630. The highest BCUT2D eigenvalue weighted by atomic mass is 16.5. The van der Waals surface area contributed by atoms with Crippen LogP contribution in [-0.2, 0) is 4.74 Å². The summed E-state index contributed by atoms with van der Waals surface area (Å²) in [6.07, 6.45) is 4.28. The van der Waals surface area contributed by atoms with Gasteiger partial charge in [-0.05, 0) is 19.4 Å². The van der Waals surface area contributed by atoms with Crippen LogP contribution < -0.4 is 0 Å². The van der Waals surface area contributed by atoms with Gasteiger partial charge in [-0.2, -0.15) is 0 Å². The number of nitrogens with zero attached hydrogens (tertiary/aromatic N) is 1. The van der Waals surface area contributed by atoms with E-state index < -0.39 is 0 Å². The lowest BCUT2D eigenvalue weighted by Gasteiger charge is -2.05. The summed E-state index contributed by atoms with van der Waals surface area (Å²) in [5.41, 5.74) is 1.20. The lowest BCUT2D eigenvalue weighted by Crippen LogP contribution is -2.05. The minimum absolute atomic E-state index is 0.315. The molecule has 0 fully saturated rings. The molecule has 56 valence electrons. The molecule has 0 bridgehead atoms. The molecular weight excluding hydrogens is 126 g/mol. The van der Waals surface area contributed by atoms with E-state index in [0.29, 0.717) is 12.7 Å². The van der Waals surface area contributed by atoms with Crippen LogP contribution in [0, 0.1) is 0 Å². The van der Waals surface area contributed by atoms with Crippen molar-refractivity contribution in [1.29, 1.82) is 0 Å². The summed E-state index contributed by atoms with van der Waals surface area (Å²) in [6.45, 7) is 5.61. The van der Waals surface area contributed by atoms with Crippen molar-refractivity contribution in [2.45, 2.75) is 20.0 Å². The summed E-state index contributed by atoms with van der Waals surface area (Å²) < 4.78 is 5.37. The van der Waals surface area contributed by atoms with Gasteiger partial charge in [-0.3, -0.25) is 4.99 Å². The zero-order chi connectivity index (χ0) is 7.40. The van der Waals surface area contributed by atoms with E-state index >= 15 is 0 Å². The molecule has 0 aromatic carbocycles. The van der Waals surface area contributed by atoms with Crippen LogP contribution in [0.2, 0.25) is 0 Å². The van der Waals surface area contributed by atoms with E-state index in [4.69, 9.17) is 4.74 Å². The zero-order valence-electron chi connectivity index (χ0n) is 6.50. The molecule has 0 N–H and O–H groups in total. The third-order valence-electron chi connectivity index (χ3n) is 1.30. The van der Waals surface area contributed by atoms with Gasteiger partial charge in [0.2, 0.25) is 0 Å². The fourth-order valence-corrected chi connectivity index (χ4v) is 0.752. The molecular formula is C8H13NO. The zero-order valence-corrected chi connectivity index (χ0v) is 6.50. The summed E-state index contributed by atoms with van der Waals surface area (Å²) in [6, 6.07) is 0. The van der Waals surface area contributed by atoms with E-state index in [2.05, 4.69) is 11.1 Å². The first kappa shape index (κ1) is 7.48. The number of hydrogen-bond acceptors (Lipinski definition) is 2. The Labute approximate surface area is 61.6 Å². The second-order valence-corrected chi connectivity index (χ2v) is 2.63. The van der Waals surface area contributed by atoms with Crippen molar-refractivity contribution in [3.8, 4) is 0 Å². The normalized spacial score (nSPS) is 16.5. The lowest BCUT2D eigenvalue weighted by molar-refractivity contribution is 0.100. The van der Waals surface area contributed by atoms with E-state index in [1.807, 2.05) is 20.1 Å². The third-order valence-corrected chi connectivity index (χ3v) is 1.30. The highest BCUT2D eigenvalue weighted by molar-refractivity contribution is 5.81. The molecule has 0 aromatic heterocycles. The monoisotopic (exact) mass is 139 g/mol. The topological polar surface area (TPSA) is 21.6 Å². The number of ether oxygens (including phenoxy) is 1. The van der Waals surface area contributed by atoms with Crippen LogP contribution in [0.4, 0.5) is 0 Å². The van der Waals surface area contributed by atoms with Gasteiger partial charge < -0.3 is 4.74 Å². The summed E-state index contributed by atoms with van der Waals surface area (Å²) in [7, 11) is 0. The van der Waals surface area contributed by atoms with Crippen molar-refractivity contribution in [2.75, 3.05) is 13.2 Å². The Kier molecular flexibility index (Phi) is 2.63. The van der Waals surface area contributed by atoms with Crippen molar-refractivity contribution in [3.05, 3.63) is 11.6 Å². The minimum Gasteiger partial charge on any atom is -0.374 e. The van der Waals surface area contributed by atoms with Crippen molar-refractivity contribution in [1.82, 2.24) is 0 Å². The molecule has 0 saturated heterocycles. The van der Waals surface area contributed by atoms with Crippen LogP contribution in [0.1, 0.15) is 13.8 Å². The summed E-state index contributed by atoms with van der Waals surface area (Å²) in [4.78, 5) is 4.05. The quantitative estimate of drug-likeness (QED) is 0.579. The predicted octanol–water partition coefficient (Wildman–Crippen LogP) is 1.42. The first-order valence-electron chi connectivity index (χ1n) is 3.59. The van der Waals surface area contributed by atoms with E-state index in [1.165, 1.54) is 5.57 Å². The third kappa shape index (κ3) is 2.31. The molecule has 0 spiro atoms. The van der Waals surface area contributed by atoms with Crippen LogP contribution in [0.3, 0.4) is 0 Å². The molecule has 0 unspecified atom stereocenters. The van der Waals surface area contributed by atoms with Crippen LogP contribution >= 0.6 is 0 Å². The second kappa shape index (κ2) is 3.52. The number of hydrogen-bond donors (Lipinski definition) is 0. The molecule has 2 nitrogen and oxygen atoms in total. The molecule has 2 heteroatoms. The maximum atomic E-state index is 5.37. The first-order chi connectivity index (χ1) is 4.79. The van der Waals surface area contributed by atoms with Crippen LogP contribution in [0.15, 0.2) is 16.6 Å². The van der Waals surface area contributed by atoms with Gasteiger partial charge in [-0.15, -0.1) is 0 Å². The Morgan fingerprint density at radius 2 is 2.50 bits per heavy atom. The van der Waals surface area contributed by atoms with E-state index in [1.54, 1.807) is 0 Å². The summed E-state index contributed by atoms with van der Waals surface area (Å²) in [5, 5.41) is 0. The van der Waals surface area contributed by atoms with Crippen LogP contribution in [0.25, 0.3) is 0 Å². The van der Waals surface area contributed by atoms with Gasteiger partial charge in [0.05, 0.1) is 19.3 Å². The second-order valence-electron chi connectivity index (χ2n) is 2.63. The highest BCUT2D eigenvalue weighted by Crippen LogP contribution is 2.00. The van der Waals surface area contributed by atoms with E-state index in [0.717, 1.165) is 6.54 Å². The first-order valence-corrected chi connectivity index (χ1v) is 3.59. The maximum absolute atomic E-state index is 5.37. The number of rotatable bonds is 3. The average molecular weight is 139 g/mol. The maximum Gasteiger partial charge on any atom is 0.0732 e. The van der Waals surface area contributed by atoms with Crippen molar-refractivity contribution in [3.63, 3.8) is 0 Å². The smallest absolute Gasteiger partial charge is 0.0732 e. The largest absolute Gasteiger partial charge is 0.374 e. The fourth-order valence-electron chi connectivity index (χ4n) is 0.752. The van der Waals surface area contributed by atoms with Crippen molar-refractivity contribution in [2.24, 2.45) is 4.99 Å². The fraction of sp³-hybridized carbons (Fsp3) is 0.625. The van der Waals surface area contributed by atoms with Gasteiger partial charge in [0, 0.05) is 6.21 Å². The van der Waals surface area contributed by atoms with Gasteiger partial charge >= 0.3 is 0 Å². The van der Waals surface area contributed by atoms with E-state index in [9.17, 15) is 0 Å². The number of aliphatic imine (C=N–C) groups is 1. The van der Waals surface area contributed by atoms with Crippen LogP contribution in [0.5, 0.6) is 0 Å². The molecule has 1 aliphatic heterocycles. The molecule has 0 saturated carbocycles. The Bertz CT molecular complexity index is 159. The van der Waals surface area contributed by atoms with Gasteiger partial charge in [-0.1, -0.05) is 6.08 Å². The standard InChI is InChI=1S/C8H13NO/c1-7(2)10-6-8-3-4-9-5-8/h3,5,7H,4,6H2,1-2H3. The van der Waals surface area contributed by atoms with Crippen LogP contribution in [-0.4, -0.2) is 25.5 Å². The lowest BCUT2D eigenvalue weighted by atomic mass is 10.3. The Balaban J connectivity index is 2.19. The van der Waals surface area contributed by atoms with Gasteiger partial charge in [0.25, 0.3) is 0 Å². The van der Waals surface area contributed by atoms with Gasteiger partial charge in [-0.25, -0.2) is 0 Å². The molecule has 1 heterocycles.